The Bertz CT molecular complexity index is 2130. The monoisotopic (exact) mass is 951 g/mol. The number of aliphatic hydroxyl groups is 1. The molecule has 0 saturated carbocycles. The molecule has 12 heteroatoms. The van der Waals surface area contributed by atoms with Gasteiger partial charge in [0.05, 0.1) is 56.9 Å². The first-order chi connectivity index (χ1) is 33.4. The van der Waals surface area contributed by atoms with Gasteiger partial charge in [0.25, 0.3) is 0 Å². The first-order valence-corrected chi connectivity index (χ1v) is 22.2. The molecule has 0 bridgehead atoms. The van der Waals surface area contributed by atoms with Gasteiger partial charge in [0, 0.05) is 61.8 Å². The Morgan fingerprint density at radius 3 is 1.57 bits per heavy atom. The largest absolute Gasteiger partial charge is 0.870 e. The quantitative estimate of drug-likeness (QED) is 0.0537. The van der Waals surface area contributed by atoms with Gasteiger partial charge in [-0.1, -0.05) is 102 Å². The van der Waals surface area contributed by atoms with E-state index in [0.29, 0.717) is 19.8 Å². The summed E-state index contributed by atoms with van der Waals surface area (Å²) in [6, 6.07) is 25.3. The van der Waals surface area contributed by atoms with Gasteiger partial charge >= 0.3 is 0 Å². The molecule has 0 atom stereocenters. The predicted molar refractivity (Wildman–Crippen MR) is 297 cm³/mol. The van der Waals surface area contributed by atoms with Crippen molar-refractivity contribution in [2.75, 3.05) is 53.6 Å². The summed E-state index contributed by atoms with van der Waals surface area (Å²) in [6.07, 6.45) is 28.6. The maximum Gasteiger partial charge on any atom is 0.136 e. The van der Waals surface area contributed by atoms with Crippen LogP contribution in [0.15, 0.2) is 194 Å². The number of nitrogens with zero attached hydrogens (tertiary/aromatic N) is 7. The minimum Gasteiger partial charge on any atom is -0.870 e. The van der Waals surface area contributed by atoms with E-state index in [1.807, 2.05) is 98.9 Å². The third-order valence-electron chi connectivity index (χ3n) is 8.58. The molecule has 0 aliphatic heterocycles. The van der Waals surface area contributed by atoms with E-state index in [4.69, 9.17) is 15.6 Å². The smallest absolute Gasteiger partial charge is 0.136 e. The van der Waals surface area contributed by atoms with Crippen LogP contribution >= 0.6 is 0 Å². The van der Waals surface area contributed by atoms with E-state index in [1.165, 1.54) is 23.7 Å². The normalized spacial score (nSPS) is 8.96. The van der Waals surface area contributed by atoms with Gasteiger partial charge in [0.2, 0.25) is 0 Å². The fraction of sp³-hybridized carbons (Fsp3) is 0.207. The molecule has 0 radical (unpaired) electrons. The Labute approximate surface area is 420 Å². The molecular weight excluding hydrogens is 873 g/mol. The molecule has 0 aliphatic rings. The average molecular weight is 951 g/mol. The van der Waals surface area contributed by atoms with E-state index in [0.717, 1.165) is 63.5 Å². The molecule has 12 nitrogen and oxygen atoms in total. The summed E-state index contributed by atoms with van der Waals surface area (Å²) in [5, 5.41) is 8.68. The topological polar surface area (TPSA) is 172 Å². The van der Waals surface area contributed by atoms with E-state index < -0.39 is 0 Å². The second kappa shape index (κ2) is 46.4. The average Bonchev–Trinajstić information content (AvgIpc) is 3.40. The zero-order valence-electron chi connectivity index (χ0n) is 42.3. The lowest BCUT2D eigenvalue weighted by atomic mass is 10.2. The highest BCUT2D eigenvalue weighted by Gasteiger charge is 2.12. The standard InChI is InChI=1S/C9H11N.C8H18NO2.2C8H9N.3C7H7N.C4H9NO.H2O/c1-3-8-5-6-9(4-2)10-7-8;1-4-11-8-6-9(2,3)5-7-10;1-3-8-6-7(2)4-5-9-8;1-3-8-7(2)5-4-6-9-8;1-2-7-3-5-8-6-4-7;1-2-7-4-3-5-8-6-7;1-2-7-5-3-4-6-8-7;1-2-6-4-3-5;/h3,5-7H,1,4H2,2H3;4,10H,1,5-8H2,2-3H3;2*3-6H,1H2,2H3;3*2-6H,1H2;2H,1,3-5H2;1H2/q;+1;;;;;;;/p-1. The van der Waals surface area contributed by atoms with Crippen LogP contribution in [0.2, 0.25) is 0 Å². The van der Waals surface area contributed by atoms with E-state index in [2.05, 4.69) is 108 Å². The zero-order chi connectivity index (χ0) is 51.8. The van der Waals surface area contributed by atoms with Crippen molar-refractivity contribution in [2.45, 2.75) is 27.2 Å². The molecule has 0 aliphatic carbocycles. The Morgan fingerprint density at radius 2 is 1.19 bits per heavy atom. The van der Waals surface area contributed by atoms with Gasteiger partial charge in [0.15, 0.2) is 0 Å². The number of rotatable bonds is 16. The van der Waals surface area contributed by atoms with Crippen LogP contribution in [0, 0.1) is 13.8 Å². The van der Waals surface area contributed by atoms with Crippen LogP contribution < -0.4 is 5.73 Å². The summed E-state index contributed by atoms with van der Waals surface area (Å²) in [4.78, 5) is 24.0. The molecule has 6 aromatic heterocycles. The van der Waals surface area contributed by atoms with Crippen LogP contribution in [0.4, 0.5) is 0 Å². The number of hydrogen-bond acceptors (Lipinski definition) is 11. The van der Waals surface area contributed by atoms with Gasteiger partial charge < -0.3 is 30.3 Å². The van der Waals surface area contributed by atoms with Gasteiger partial charge in [-0.15, -0.1) is 0 Å². The molecule has 6 heterocycles. The zero-order valence-corrected chi connectivity index (χ0v) is 42.3. The van der Waals surface area contributed by atoms with Crippen molar-refractivity contribution in [3.8, 4) is 0 Å². The molecule has 0 saturated heterocycles. The lowest BCUT2D eigenvalue weighted by molar-refractivity contribution is -0.890. The van der Waals surface area contributed by atoms with Crippen LogP contribution in [0.3, 0.4) is 0 Å². The van der Waals surface area contributed by atoms with Crippen LogP contribution in [0.25, 0.3) is 36.5 Å². The summed E-state index contributed by atoms with van der Waals surface area (Å²) >= 11 is 0. The summed E-state index contributed by atoms with van der Waals surface area (Å²) in [7, 11) is 4.12. The first kappa shape index (κ1) is 66.5. The molecule has 4 N–H and O–H groups in total. The Morgan fingerprint density at radius 1 is 0.571 bits per heavy atom. The maximum atomic E-state index is 8.68. The highest BCUT2D eigenvalue weighted by atomic mass is 16.5. The van der Waals surface area contributed by atoms with E-state index in [-0.39, 0.29) is 12.1 Å². The third kappa shape index (κ3) is 38.4. The van der Waals surface area contributed by atoms with Crippen molar-refractivity contribution < 1.29 is 24.5 Å². The van der Waals surface area contributed by atoms with Crippen molar-refractivity contribution in [3.05, 3.63) is 244 Å². The van der Waals surface area contributed by atoms with Gasteiger partial charge in [-0.05, 0) is 121 Å². The van der Waals surface area contributed by atoms with E-state index in [9.17, 15) is 0 Å². The Balaban J connectivity index is -0.000000735. The second-order valence-electron chi connectivity index (χ2n) is 14.4. The van der Waals surface area contributed by atoms with Crippen LogP contribution in [0.5, 0.6) is 0 Å². The predicted octanol–water partition coefficient (Wildman–Crippen LogP) is 11.7. The van der Waals surface area contributed by atoms with E-state index >= 15 is 0 Å². The van der Waals surface area contributed by atoms with Crippen LogP contribution in [-0.4, -0.2) is 98.5 Å². The number of hydrogen-bond donors (Lipinski definition) is 2. The second-order valence-corrected chi connectivity index (χ2v) is 14.4. The Kier molecular flexibility index (Phi) is 44.1. The van der Waals surface area contributed by atoms with Crippen LogP contribution in [0.1, 0.15) is 57.5 Å². The van der Waals surface area contributed by atoms with Gasteiger partial charge in [-0.25, -0.2) is 0 Å². The summed E-state index contributed by atoms with van der Waals surface area (Å²) < 4.78 is 10.4. The Hall–Kier alpha value is -7.74. The molecular formula is C58H78N8O4. The highest BCUT2D eigenvalue weighted by Crippen LogP contribution is 2.04. The molecule has 0 unspecified atom stereocenters. The number of nitrogens with two attached hydrogens (primary N) is 1. The molecule has 0 amide bonds. The number of pyridine rings is 6. The SMILES string of the molecule is C=COCCN.C=COCC[N+](C)(C)CCO.C=Cc1cc(C)ccn1.C=Cc1ccc(CC)nc1.C=Cc1ccccn1.C=Cc1cccnc1.C=Cc1ccncc1.C=Cc1ncccc1C.[OH-]. The highest BCUT2D eigenvalue weighted by molar-refractivity contribution is 5.47. The number of aromatic nitrogens is 6. The fourth-order valence-corrected chi connectivity index (χ4v) is 4.56. The number of aliphatic hydroxyl groups excluding tert-OH is 1. The number of quaternary nitrogens is 1. The molecule has 374 valence electrons. The minimum atomic E-state index is 0. The first-order valence-electron chi connectivity index (χ1n) is 22.2. The fourth-order valence-electron chi connectivity index (χ4n) is 4.56. The van der Waals surface area contributed by atoms with Crippen molar-refractivity contribution >= 4 is 36.5 Å². The molecule has 0 spiro atoms. The summed E-state index contributed by atoms with van der Waals surface area (Å²) in [5.74, 6) is 0. The lowest BCUT2D eigenvalue weighted by Crippen LogP contribution is -2.44. The molecule has 70 heavy (non-hydrogen) atoms. The maximum absolute atomic E-state index is 8.68. The summed E-state index contributed by atoms with van der Waals surface area (Å²) in [6.45, 7) is 38.2. The van der Waals surface area contributed by atoms with Crippen molar-refractivity contribution in [1.29, 1.82) is 0 Å². The van der Waals surface area contributed by atoms with Gasteiger partial charge in [-0.2, -0.15) is 0 Å². The number of aryl methyl sites for hydroxylation is 3. The molecule has 6 aromatic rings. The van der Waals surface area contributed by atoms with Crippen molar-refractivity contribution in [3.63, 3.8) is 0 Å². The van der Waals surface area contributed by atoms with Crippen LogP contribution in [-0.2, 0) is 15.9 Å². The lowest BCUT2D eigenvalue weighted by Gasteiger charge is -2.28. The van der Waals surface area contributed by atoms with Gasteiger partial charge in [-0.3, -0.25) is 29.9 Å². The van der Waals surface area contributed by atoms with Gasteiger partial charge in [0.1, 0.15) is 19.7 Å². The number of ether oxygens (including phenoxy) is 2. The van der Waals surface area contributed by atoms with Crippen molar-refractivity contribution in [1.82, 2.24) is 29.9 Å². The molecule has 0 aromatic carbocycles. The summed E-state index contributed by atoms with van der Waals surface area (Å²) in [5.41, 5.74) is 14.7. The van der Waals surface area contributed by atoms with Crippen molar-refractivity contribution in [2.24, 2.45) is 5.73 Å². The number of likely N-dealkylation sites (N-methyl/N-ethyl adjacent to an activating group) is 1. The van der Waals surface area contributed by atoms with E-state index in [1.54, 1.807) is 79.8 Å². The third-order valence-corrected chi connectivity index (χ3v) is 8.58. The minimum absolute atomic E-state index is 0. The molecule has 6 rings (SSSR count). The molecule has 0 fully saturated rings.